The number of aliphatic hydroxyl groups excluding tert-OH is 1. The van der Waals surface area contributed by atoms with Crippen molar-refractivity contribution in [1.82, 2.24) is 3.97 Å². The van der Waals surface area contributed by atoms with Gasteiger partial charge in [-0.05, 0) is 31.0 Å². The van der Waals surface area contributed by atoms with E-state index in [-0.39, 0.29) is 0 Å². The lowest BCUT2D eigenvalue weighted by molar-refractivity contribution is 0.214. The summed E-state index contributed by atoms with van der Waals surface area (Å²) in [6.07, 6.45) is 1.95. The van der Waals surface area contributed by atoms with Crippen LogP contribution in [0.25, 0.3) is 10.9 Å². The molecule has 3 aromatic rings. The number of fused-ring (bicyclic) bond motifs is 1. The van der Waals surface area contributed by atoms with Crippen LogP contribution in [0.5, 0.6) is 0 Å². The fourth-order valence-corrected chi connectivity index (χ4v) is 4.21. The first kappa shape index (κ1) is 19.1. The predicted octanol–water partition coefficient (Wildman–Crippen LogP) is 3.39. The highest BCUT2D eigenvalue weighted by atomic mass is 32.2. The van der Waals surface area contributed by atoms with Crippen molar-refractivity contribution in [2.75, 3.05) is 0 Å². The van der Waals surface area contributed by atoms with Gasteiger partial charge in [0.1, 0.15) is 13.4 Å². The minimum Gasteiger partial charge on any atom is -0.382 e. The molecule has 0 saturated heterocycles. The normalized spacial score (nSPS) is 13.9. The Morgan fingerprint density at radius 3 is 2.63 bits per heavy atom. The molecule has 0 aliphatic carbocycles. The van der Waals surface area contributed by atoms with E-state index in [2.05, 4.69) is 18.3 Å². The molecule has 0 saturated carbocycles. The number of rotatable bonds is 7. The van der Waals surface area contributed by atoms with E-state index in [1.165, 1.54) is 12.3 Å². The van der Waals surface area contributed by atoms with E-state index >= 15 is 0 Å². The Balaban J connectivity index is 2.26. The number of nitrogens with zero attached hydrogens (tertiary/aromatic N) is 2. The van der Waals surface area contributed by atoms with Crippen LogP contribution in [0.2, 0.25) is 6.82 Å². The van der Waals surface area contributed by atoms with Crippen LogP contribution in [0.1, 0.15) is 11.8 Å². The summed E-state index contributed by atoms with van der Waals surface area (Å²) in [7, 11) is 0.461. The molecule has 4 nitrogen and oxygen atoms in total. The van der Waals surface area contributed by atoms with Crippen LogP contribution < -0.4 is 5.46 Å². The fraction of sp³-hybridized carbons (Fsp3) is 0.0952. The fourth-order valence-electron chi connectivity index (χ4n) is 2.92. The molecule has 27 heavy (non-hydrogen) atoms. The highest BCUT2D eigenvalue weighted by Crippen LogP contribution is 2.31. The van der Waals surface area contributed by atoms with Gasteiger partial charge < -0.3 is 5.11 Å². The Kier molecular flexibility index (Phi) is 5.89. The first-order valence-electron chi connectivity index (χ1n) is 8.49. The van der Waals surface area contributed by atoms with Gasteiger partial charge >= 0.3 is 0 Å². The molecule has 1 radical (unpaired) electrons. The zero-order chi connectivity index (χ0) is 19.4. The monoisotopic (exact) mass is 375 g/mol. The maximum atomic E-state index is 13.4. The van der Waals surface area contributed by atoms with Crippen LogP contribution in [-0.4, -0.2) is 27.3 Å². The molecule has 1 heterocycles. The third-order valence-corrected chi connectivity index (χ3v) is 5.74. The predicted molar refractivity (Wildman–Crippen MR) is 114 cm³/mol. The van der Waals surface area contributed by atoms with Crippen LogP contribution in [0, 0.1) is 0 Å². The molecular weight excluding hydrogens is 355 g/mol. The molecule has 1 aromatic heterocycles. The SMILES string of the molecule is C=C/C(=C\N=C)C(O)c1cc2ccc([B]C)cc2n1S(=O)c1ccccc1. The molecule has 2 aromatic carbocycles. The molecule has 0 bridgehead atoms. The van der Waals surface area contributed by atoms with Gasteiger partial charge in [0, 0.05) is 17.2 Å². The molecule has 6 heteroatoms. The van der Waals surface area contributed by atoms with Crippen molar-refractivity contribution < 1.29 is 9.32 Å². The van der Waals surface area contributed by atoms with Gasteiger partial charge in [0.15, 0.2) is 11.0 Å². The summed E-state index contributed by atoms with van der Waals surface area (Å²) in [5.41, 5.74) is 2.80. The van der Waals surface area contributed by atoms with Crippen molar-refractivity contribution in [3.05, 3.63) is 84.7 Å². The summed E-state index contributed by atoms with van der Waals surface area (Å²) < 4.78 is 15.1. The van der Waals surface area contributed by atoms with E-state index < -0.39 is 17.1 Å². The summed E-state index contributed by atoms with van der Waals surface area (Å²) in [6, 6.07) is 17.0. The number of hydrogen-bond acceptors (Lipinski definition) is 3. The van der Waals surface area contributed by atoms with Crippen molar-refractivity contribution in [3.8, 4) is 0 Å². The Bertz CT molecular complexity index is 1040. The zero-order valence-electron chi connectivity index (χ0n) is 15.1. The summed E-state index contributed by atoms with van der Waals surface area (Å²) in [4.78, 5) is 4.39. The maximum absolute atomic E-state index is 13.4. The van der Waals surface area contributed by atoms with E-state index in [0.717, 1.165) is 16.4 Å². The van der Waals surface area contributed by atoms with E-state index in [1.807, 2.05) is 68.7 Å². The van der Waals surface area contributed by atoms with E-state index in [1.54, 1.807) is 3.97 Å². The van der Waals surface area contributed by atoms with E-state index in [0.29, 0.717) is 16.2 Å². The van der Waals surface area contributed by atoms with Gasteiger partial charge in [0.2, 0.25) is 0 Å². The molecule has 0 amide bonds. The molecule has 2 atom stereocenters. The Morgan fingerprint density at radius 2 is 2.00 bits per heavy atom. The van der Waals surface area contributed by atoms with E-state index in [9.17, 15) is 9.32 Å². The second kappa shape index (κ2) is 8.33. The highest BCUT2D eigenvalue weighted by molar-refractivity contribution is 7.83. The van der Waals surface area contributed by atoms with Crippen LogP contribution in [-0.2, 0) is 11.0 Å². The van der Waals surface area contributed by atoms with Crippen molar-refractivity contribution in [2.45, 2.75) is 17.8 Å². The standard InChI is InChI=1S/C21H20BN2O2S/c1-4-15(14-23-3)21(25)20-12-16-10-11-17(22-2)13-19(16)24(20)27(26)18-8-6-5-7-9-18/h4-14,21,25H,1,3H2,2H3/b15-14+. The number of aliphatic imine (C=N–C) groups is 1. The molecule has 135 valence electrons. The second-order valence-electron chi connectivity index (χ2n) is 5.95. The smallest absolute Gasteiger partial charge is 0.157 e. The lowest BCUT2D eigenvalue weighted by Gasteiger charge is -2.16. The van der Waals surface area contributed by atoms with Crippen molar-refractivity contribution >= 4 is 41.3 Å². The molecule has 0 spiro atoms. The largest absolute Gasteiger partial charge is 0.382 e. The lowest BCUT2D eigenvalue weighted by atomic mass is 9.73. The lowest BCUT2D eigenvalue weighted by Crippen LogP contribution is -2.15. The van der Waals surface area contributed by atoms with Crippen molar-refractivity contribution in [2.24, 2.45) is 4.99 Å². The van der Waals surface area contributed by atoms with Crippen LogP contribution in [0.4, 0.5) is 0 Å². The third kappa shape index (κ3) is 3.72. The van der Waals surface area contributed by atoms with Gasteiger partial charge in [0.25, 0.3) is 0 Å². The first-order chi connectivity index (χ1) is 13.1. The average Bonchev–Trinajstić information content (AvgIpc) is 3.10. The highest BCUT2D eigenvalue weighted by Gasteiger charge is 2.22. The van der Waals surface area contributed by atoms with Gasteiger partial charge in [-0.15, -0.1) is 0 Å². The van der Waals surface area contributed by atoms with Crippen LogP contribution in [0.15, 0.2) is 88.9 Å². The van der Waals surface area contributed by atoms with E-state index in [4.69, 9.17) is 0 Å². The molecule has 0 aliphatic heterocycles. The molecule has 2 unspecified atom stereocenters. The summed E-state index contributed by atoms with van der Waals surface area (Å²) in [5.74, 6) is 0. The first-order valence-corrected chi connectivity index (χ1v) is 9.59. The second-order valence-corrected chi connectivity index (χ2v) is 7.29. The van der Waals surface area contributed by atoms with Gasteiger partial charge in [-0.25, -0.2) is 4.21 Å². The van der Waals surface area contributed by atoms with Gasteiger partial charge in [-0.1, -0.05) is 55.3 Å². The minimum atomic E-state index is -1.52. The Hall–Kier alpha value is -2.70. The number of aliphatic hydroxyl groups is 1. The van der Waals surface area contributed by atoms with Gasteiger partial charge in [-0.3, -0.25) is 8.96 Å². The van der Waals surface area contributed by atoms with Crippen LogP contribution >= 0.6 is 0 Å². The summed E-state index contributed by atoms with van der Waals surface area (Å²) in [5, 5.41) is 11.8. The molecular formula is C21H20BN2O2S. The molecule has 3 rings (SSSR count). The number of hydrogen-bond donors (Lipinski definition) is 1. The summed E-state index contributed by atoms with van der Waals surface area (Å²) >= 11 is 0. The maximum Gasteiger partial charge on any atom is 0.157 e. The molecule has 1 N–H and O–H groups in total. The summed E-state index contributed by atoms with van der Waals surface area (Å²) in [6.45, 7) is 9.12. The molecule has 0 aliphatic rings. The number of benzene rings is 2. The third-order valence-electron chi connectivity index (χ3n) is 4.33. The topological polar surface area (TPSA) is 54.6 Å². The van der Waals surface area contributed by atoms with Crippen molar-refractivity contribution in [1.29, 1.82) is 0 Å². The van der Waals surface area contributed by atoms with Gasteiger partial charge in [0.05, 0.1) is 16.1 Å². The Morgan fingerprint density at radius 1 is 1.26 bits per heavy atom. The van der Waals surface area contributed by atoms with Gasteiger partial charge in [-0.2, -0.15) is 0 Å². The van der Waals surface area contributed by atoms with Crippen LogP contribution in [0.3, 0.4) is 0 Å². The number of aromatic nitrogens is 1. The Labute approximate surface area is 162 Å². The van der Waals surface area contributed by atoms with Crippen molar-refractivity contribution in [3.63, 3.8) is 0 Å². The molecule has 0 fully saturated rings. The minimum absolute atomic E-state index is 0.487. The quantitative estimate of drug-likeness (QED) is 0.391. The zero-order valence-corrected chi connectivity index (χ0v) is 15.9. The average molecular weight is 375 g/mol.